The number of nitrogens with zero attached hydrogens (tertiary/aromatic N) is 2. The van der Waals surface area contributed by atoms with E-state index in [-0.39, 0.29) is 0 Å². The van der Waals surface area contributed by atoms with Crippen molar-refractivity contribution in [3.05, 3.63) is 30.1 Å². The van der Waals surface area contributed by atoms with Gasteiger partial charge in [-0.25, -0.2) is 0 Å². The molecule has 3 nitrogen and oxygen atoms in total. The van der Waals surface area contributed by atoms with Crippen molar-refractivity contribution < 1.29 is 4.79 Å². The van der Waals surface area contributed by atoms with Gasteiger partial charge < -0.3 is 4.90 Å². The molecule has 0 aliphatic carbocycles. The molecule has 1 atom stereocenters. The molecule has 1 amide bonds. The zero-order valence-electron chi connectivity index (χ0n) is 12.0. The summed E-state index contributed by atoms with van der Waals surface area (Å²) in [5.74, 6) is 0.850. The van der Waals surface area contributed by atoms with Gasteiger partial charge in [0, 0.05) is 30.9 Å². The first-order valence-electron chi connectivity index (χ1n) is 7.38. The van der Waals surface area contributed by atoms with Crippen LogP contribution in [0.3, 0.4) is 0 Å². The summed E-state index contributed by atoms with van der Waals surface area (Å²) < 4.78 is 0. The largest absolute Gasteiger partial charge is 0.339 e. The molecular formula is C16H24N2O. The van der Waals surface area contributed by atoms with E-state index >= 15 is 0 Å². The molecule has 1 aliphatic rings. The molecule has 2 rings (SSSR count). The van der Waals surface area contributed by atoms with Crippen molar-refractivity contribution in [2.75, 3.05) is 6.54 Å². The van der Waals surface area contributed by atoms with E-state index < -0.39 is 0 Å². The normalized spacial score (nSPS) is 19.7. The standard InChI is InChI=1S/C16H24N2O/c1-13(2)15-8-4-6-12-18(15)16(19)10-9-14-7-3-5-11-17-14/h3,5,7,11,13,15H,4,6,8-10,12H2,1-2H3/t15-/m0/s1. The van der Waals surface area contributed by atoms with E-state index in [2.05, 4.69) is 23.7 Å². The number of rotatable bonds is 4. The Labute approximate surface area is 116 Å². The number of likely N-dealkylation sites (tertiary alicyclic amines) is 1. The van der Waals surface area contributed by atoms with E-state index in [9.17, 15) is 4.79 Å². The van der Waals surface area contributed by atoms with Crippen LogP contribution < -0.4 is 0 Å². The van der Waals surface area contributed by atoms with Crippen molar-refractivity contribution in [3.8, 4) is 0 Å². The van der Waals surface area contributed by atoms with E-state index in [0.717, 1.165) is 31.5 Å². The highest BCUT2D eigenvalue weighted by Crippen LogP contribution is 2.24. The SMILES string of the molecule is CC(C)[C@@H]1CCCCN1C(=O)CCc1ccccn1. The van der Waals surface area contributed by atoms with E-state index in [1.807, 2.05) is 18.2 Å². The smallest absolute Gasteiger partial charge is 0.223 e. The fourth-order valence-corrected chi connectivity index (χ4v) is 2.88. The first-order valence-corrected chi connectivity index (χ1v) is 7.38. The maximum atomic E-state index is 12.4. The van der Waals surface area contributed by atoms with Crippen molar-refractivity contribution in [1.29, 1.82) is 0 Å². The highest BCUT2D eigenvalue weighted by molar-refractivity contribution is 5.76. The van der Waals surface area contributed by atoms with E-state index in [1.165, 1.54) is 6.42 Å². The number of aryl methyl sites for hydroxylation is 1. The van der Waals surface area contributed by atoms with E-state index in [0.29, 0.717) is 24.3 Å². The molecule has 104 valence electrons. The van der Waals surface area contributed by atoms with Gasteiger partial charge in [0.1, 0.15) is 0 Å². The van der Waals surface area contributed by atoms with E-state index in [4.69, 9.17) is 0 Å². The number of hydrogen-bond donors (Lipinski definition) is 0. The van der Waals surface area contributed by atoms with Gasteiger partial charge in [0.2, 0.25) is 5.91 Å². The molecule has 19 heavy (non-hydrogen) atoms. The van der Waals surface area contributed by atoms with Crippen LogP contribution in [0.25, 0.3) is 0 Å². The predicted molar refractivity (Wildman–Crippen MR) is 76.7 cm³/mol. The van der Waals surface area contributed by atoms with Crippen LogP contribution in [0.15, 0.2) is 24.4 Å². The van der Waals surface area contributed by atoms with Gasteiger partial charge in [-0.05, 0) is 43.7 Å². The highest BCUT2D eigenvalue weighted by Gasteiger charge is 2.28. The molecule has 0 saturated carbocycles. The molecule has 0 unspecified atom stereocenters. The quantitative estimate of drug-likeness (QED) is 0.833. The Balaban J connectivity index is 1.91. The minimum absolute atomic E-state index is 0.295. The second kappa shape index (κ2) is 6.69. The van der Waals surface area contributed by atoms with Crippen LogP contribution in [-0.4, -0.2) is 28.4 Å². The lowest BCUT2D eigenvalue weighted by atomic mass is 9.92. The number of carbonyl (C=O) groups is 1. The summed E-state index contributed by atoms with van der Waals surface area (Å²) in [6.45, 7) is 5.37. The fourth-order valence-electron chi connectivity index (χ4n) is 2.88. The van der Waals surface area contributed by atoms with Gasteiger partial charge in [-0.3, -0.25) is 9.78 Å². The van der Waals surface area contributed by atoms with Crippen LogP contribution in [0.2, 0.25) is 0 Å². The fraction of sp³-hybridized carbons (Fsp3) is 0.625. The Kier molecular flexibility index (Phi) is 4.94. The third kappa shape index (κ3) is 3.79. The molecule has 0 radical (unpaired) electrons. The molecule has 0 bridgehead atoms. The third-order valence-electron chi connectivity index (χ3n) is 3.96. The second-order valence-electron chi connectivity index (χ2n) is 5.72. The Morgan fingerprint density at radius 3 is 2.95 bits per heavy atom. The molecule has 3 heteroatoms. The van der Waals surface area contributed by atoms with Gasteiger partial charge in [-0.15, -0.1) is 0 Å². The van der Waals surface area contributed by atoms with Gasteiger partial charge in [-0.2, -0.15) is 0 Å². The monoisotopic (exact) mass is 260 g/mol. The lowest BCUT2D eigenvalue weighted by Gasteiger charge is -2.38. The van der Waals surface area contributed by atoms with Gasteiger partial charge in [0.05, 0.1) is 0 Å². The number of carbonyl (C=O) groups excluding carboxylic acids is 1. The lowest BCUT2D eigenvalue weighted by Crippen LogP contribution is -2.46. The molecule has 1 fully saturated rings. The second-order valence-corrected chi connectivity index (χ2v) is 5.72. The minimum Gasteiger partial charge on any atom is -0.339 e. The summed E-state index contributed by atoms with van der Waals surface area (Å²) in [5, 5.41) is 0. The van der Waals surface area contributed by atoms with Crippen LogP contribution in [0.1, 0.15) is 45.2 Å². The Hall–Kier alpha value is -1.38. The summed E-state index contributed by atoms with van der Waals surface area (Å²) in [5.41, 5.74) is 1.01. The first kappa shape index (κ1) is 14.0. The molecule has 1 saturated heterocycles. The van der Waals surface area contributed by atoms with Crippen molar-refractivity contribution in [2.45, 2.75) is 52.0 Å². The van der Waals surface area contributed by atoms with Crippen molar-refractivity contribution in [3.63, 3.8) is 0 Å². The summed E-state index contributed by atoms with van der Waals surface area (Å²) in [4.78, 5) is 18.8. The molecule has 1 aromatic rings. The summed E-state index contributed by atoms with van der Waals surface area (Å²) >= 11 is 0. The highest BCUT2D eigenvalue weighted by atomic mass is 16.2. The first-order chi connectivity index (χ1) is 9.18. The number of piperidine rings is 1. The zero-order chi connectivity index (χ0) is 13.7. The molecule has 2 heterocycles. The summed E-state index contributed by atoms with van der Waals surface area (Å²) in [6, 6.07) is 6.31. The van der Waals surface area contributed by atoms with Crippen molar-refractivity contribution >= 4 is 5.91 Å². The average molecular weight is 260 g/mol. The van der Waals surface area contributed by atoms with Crippen LogP contribution in [-0.2, 0) is 11.2 Å². The van der Waals surface area contributed by atoms with Gasteiger partial charge in [0.25, 0.3) is 0 Å². The van der Waals surface area contributed by atoms with Gasteiger partial charge in [-0.1, -0.05) is 19.9 Å². The number of hydrogen-bond acceptors (Lipinski definition) is 2. The van der Waals surface area contributed by atoms with Gasteiger partial charge in [0.15, 0.2) is 0 Å². The minimum atomic E-state index is 0.295. The Morgan fingerprint density at radius 2 is 2.26 bits per heavy atom. The zero-order valence-corrected chi connectivity index (χ0v) is 12.0. The molecular weight excluding hydrogens is 236 g/mol. The van der Waals surface area contributed by atoms with Crippen molar-refractivity contribution in [2.24, 2.45) is 5.92 Å². The summed E-state index contributed by atoms with van der Waals surface area (Å²) in [7, 11) is 0. The van der Waals surface area contributed by atoms with Gasteiger partial charge >= 0.3 is 0 Å². The van der Waals surface area contributed by atoms with Crippen LogP contribution in [0, 0.1) is 5.92 Å². The maximum Gasteiger partial charge on any atom is 0.223 e. The maximum absolute atomic E-state index is 12.4. The topological polar surface area (TPSA) is 33.2 Å². The molecule has 0 N–H and O–H groups in total. The number of amides is 1. The van der Waals surface area contributed by atoms with Crippen LogP contribution in [0.4, 0.5) is 0 Å². The van der Waals surface area contributed by atoms with Crippen LogP contribution in [0.5, 0.6) is 0 Å². The van der Waals surface area contributed by atoms with E-state index in [1.54, 1.807) is 6.20 Å². The predicted octanol–water partition coefficient (Wildman–Crippen LogP) is 3.05. The lowest BCUT2D eigenvalue weighted by molar-refractivity contribution is -0.136. The molecule has 0 spiro atoms. The molecule has 0 aromatic carbocycles. The third-order valence-corrected chi connectivity index (χ3v) is 3.96. The average Bonchev–Trinajstić information content (AvgIpc) is 2.46. The summed E-state index contributed by atoms with van der Waals surface area (Å²) in [6.07, 6.45) is 6.69. The number of pyridine rings is 1. The molecule has 1 aliphatic heterocycles. The Bertz CT molecular complexity index is 402. The number of aromatic nitrogens is 1. The Morgan fingerprint density at radius 1 is 1.42 bits per heavy atom. The molecule has 1 aromatic heterocycles. The van der Waals surface area contributed by atoms with Crippen molar-refractivity contribution in [1.82, 2.24) is 9.88 Å². The van der Waals surface area contributed by atoms with Crippen LogP contribution >= 0.6 is 0 Å².